The Morgan fingerprint density at radius 2 is 1.88 bits per heavy atom. The highest BCUT2D eigenvalue weighted by atomic mass is 16.3. The van der Waals surface area contributed by atoms with Crippen molar-refractivity contribution in [2.24, 2.45) is 0 Å². The number of phenolic OH excluding ortho intramolecular Hbond substituents is 1. The molecule has 0 bridgehead atoms. The molecule has 3 heteroatoms. The summed E-state index contributed by atoms with van der Waals surface area (Å²) in [7, 11) is 0. The monoisotopic (exact) mass is 226 g/mol. The third-order valence-corrected chi connectivity index (χ3v) is 2.90. The van der Waals surface area contributed by atoms with Gasteiger partial charge < -0.3 is 9.52 Å². The van der Waals surface area contributed by atoms with Crippen molar-refractivity contribution in [2.75, 3.05) is 0 Å². The Balaban J connectivity index is 2.68. The van der Waals surface area contributed by atoms with Crippen LogP contribution in [0.2, 0.25) is 0 Å². The van der Waals surface area contributed by atoms with Crippen LogP contribution in [0.25, 0.3) is 21.9 Å². The van der Waals surface area contributed by atoms with Gasteiger partial charge in [0.25, 0.3) is 0 Å². The van der Waals surface area contributed by atoms with Gasteiger partial charge in [-0.2, -0.15) is 0 Å². The molecule has 1 aromatic heterocycles. The molecule has 3 rings (SSSR count). The molecule has 0 saturated carbocycles. The van der Waals surface area contributed by atoms with Crippen molar-refractivity contribution in [3.05, 3.63) is 52.2 Å². The van der Waals surface area contributed by atoms with E-state index in [1.165, 1.54) is 6.07 Å². The lowest BCUT2D eigenvalue weighted by Gasteiger charge is -2.04. The second-order valence-electron chi connectivity index (χ2n) is 4.03. The van der Waals surface area contributed by atoms with Gasteiger partial charge in [0.1, 0.15) is 22.3 Å². The smallest absolute Gasteiger partial charge is 0.204 e. The van der Waals surface area contributed by atoms with Gasteiger partial charge in [0, 0.05) is 0 Å². The van der Waals surface area contributed by atoms with Gasteiger partial charge in [-0.15, -0.1) is 0 Å². The molecule has 17 heavy (non-hydrogen) atoms. The largest absolute Gasteiger partial charge is 0.507 e. The highest BCUT2D eigenvalue weighted by Gasteiger charge is 2.11. The maximum Gasteiger partial charge on any atom is 0.204 e. The molecule has 0 spiro atoms. The molecule has 1 N–H and O–H groups in total. The zero-order valence-electron chi connectivity index (χ0n) is 9.23. The van der Waals surface area contributed by atoms with Crippen molar-refractivity contribution in [1.82, 2.24) is 0 Å². The van der Waals surface area contributed by atoms with E-state index >= 15 is 0 Å². The van der Waals surface area contributed by atoms with E-state index in [0.717, 1.165) is 5.56 Å². The zero-order valence-corrected chi connectivity index (χ0v) is 9.23. The fraction of sp³-hybridized carbons (Fsp3) is 0.0714. The molecule has 0 aliphatic heterocycles. The van der Waals surface area contributed by atoms with Crippen molar-refractivity contribution in [2.45, 2.75) is 6.92 Å². The predicted octanol–water partition coefficient (Wildman–Crippen LogP) is 2.96. The Morgan fingerprint density at radius 1 is 1.12 bits per heavy atom. The van der Waals surface area contributed by atoms with Crippen molar-refractivity contribution in [1.29, 1.82) is 0 Å². The summed E-state index contributed by atoms with van der Waals surface area (Å²) in [5.74, 6) is -0.0420. The van der Waals surface area contributed by atoms with Crippen LogP contribution in [0.4, 0.5) is 0 Å². The van der Waals surface area contributed by atoms with E-state index in [0.29, 0.717) is 16.6 Å². The molecular formula is C14H10O3. The second kappa shape index (κ2) is 3.35. The minimum absolute atomic E-state index is 0.0420. The highest BCUT2D eigenvalue weighted by Crippen LogP contribution is 2.26. The predicted molar refractivity (Wildman–Crippen MR) is 66.4 cm³/mol. The average molecular weight is 226 g/mol. The number of fused-ring (bicyclic) bond motifs is 2. The Morgan fingerprint density at radius 3 is 2.71 bits per heavy atom. The van der Waals surface area contributed by atoms with E-state index in [1.807, 2.05) is 13.0 Å². The van der Waals surface area contributed by atoms with E-state index in [9.17, 15) is 9.90 Å². The number of aromatic hydroxyl groups is 1. The minimum atomic E-state index is -0.192. The first-order valence-corrected chi connectivity index (χ1v) is 5.32. The van der Waals surface area contributed by atoms with Crippen LogP contribution in [0.1, 0.15) is 5.56 Å². The van der Waals surface area contributed by atoms with Crippen LogP contribution in [0.5, 0.6) is 5.75 Å². The van der Waals surface area contributed by atoms with Crippen molar-refractivity contribution >= 4 is 21.9 Å². The second-order valence-corrected chi connectivity index (χ2v) is 4.03. The molecule has 2 aromatic carbocycles. The lowest BCUT2D eigenvalue weighted by Crippen LogP contribution is -2.02. The summed E-state index contributed by atoms with van der Waals surface area (Å²) in [5.41, 5.74) is 1.71. The summed E-state index contributed by atoms with van der Waals surface area (Å²) in [6.45, 7) is 1.89. The van der Waals surface area contributed by atoms with E-state index < -0.39 is 0 Å². The fourth-order valence-corrected chi connectivity index (χ4v) is 2.04. The number of phenols is 1. The third kappa shape index (κ3) is 1.32. The molecule has 84 valence electrons. The first-order chi connectivity index (χ1) is 8.18. The van der Waals surface area contributed by atoms with E-state index in [-0.39, 0.29) is 16.6 Å². The normalized spacial score (nSPS) is 11.1. The first-order valence-electron chi connectivity index (χ1n) is 5.32. The number of hydrogen-bond donors (Lipinski definition) is 1. The molecule has 1 heterocycles. The van der Waals surface area contributed by atoms with Gasteiger partial charge in [-0.25, -0.2) is 0 Å². The molecule has 3 aromatic rings. The van der Waals surface area contributed by atoms with Crippen molar-refractivity contribution in [3.8, 4) is 5.75 Å². The van der Waals surface area contributed by atoms with Crippen LogP contribution in [0, 0.1) is 6.92 Å². The maximum absolute atomic E-state index is 12.2. The van der Waals surface area contributed by atoms with Crippen LogP contribution in [0.15, 0.2) is 45.6 Å². The molecule has 0 saturated heterocycles. The molecule has 0 atom stereocenters. The molecule has 3 nitrogen and oxygen atoms in total. The van der Waals surface area contributed by atoms with Gasteiger partial charge in [0.05, 0.1) is 5.39 Å². The van der Waals surface area contributed by atoms with Crippen LogP contribution in [-0.2, 0) is 0 Å². The minimum Gasteiger partial charge on any atom is -0.507 e. The Kier molecular flexibility index (Phi) is 1.95. The summed E-state index contributed by atoms with van der Waals surface area (Å²) in [5, 5.41) is 10.5. The molecule has 0 aliphatic carbocycles. The van der Waals surface area contributed by atoms with Gasteiger partial charge in [-0.3, -0.25) is 4.79 Å². The van der Waals surface area contributed by atoms with E-state index in [4.69, 9.17) is 4.42 Å². The Bertz CT molecular complexity index is 784. The number of para-hydroxylation sites is 1. The third-order valence-electron chi connectivity index (χ3n) is 2.90. The molecule has 0 aliphatic rings. The van der Waals surface area contributed by atoms with Crippen LogP contribution >= 0.6 is 0 Å². The number of benzene rings is 2. The molecular weight excluding hydrogens is 216 g/mol. The molecule has 0 unspecified atom stereocenters. The van der Waals surface area contributed by atoms with E-state index in [1.54, 1.807) is 24.3 Å². The summed E-state index contributed by atoms with van der Waals surface area (Å²) >= 11 is 0. The van der Waals surface area contributed by atoms with Gasteiger partial charge >= 0.3 is 0 Å². The lowest BCUT2D eigenvalue weighted by molar-refractivity contribution is 0.480. The Hall–Kier alpha value is -2.29. The van der Waals surface area contributed by atoms with Crippen molar-refractivity contribution in [3.63, 3.8) is 0 Å². The van der Waals surface area contributed by atoms with Crippen LogP contribution in [0.3, 0.4) is 0 Å². The topological polar surface area (TPSA) is 50.4 Å². The first kappa shape index (κ1) is 9.90. The average Bonchev–Trinajstić information content (AvgIpc) is 2.31. The Labute approximate surface area is 96.9 Å². The quantitative estimate of drug-likeness (QED) is 0.599. The standard InChI is InChI=1S/C14H10O3/c1-8-4-2-5-9-13(16)12-10(15)6-3-7-11(12)17-14(8)9/h2-7,15H,1H3. The van der Waals surface area contributed by atoms with Crippen LogP contribution < -0.4 is 5.43 Å². The lowest BCUT2D eigenvalue weighted by atomic mass is 10.1. The molecule has 0 fully saturated rings. The summed E-state index contributed by atoms with van der Waals surface area (Å²) in [4.78, 5) is 12.2. The van der Waals surface area contributed by atoms with E-state index in [2.05, 4.69) is 0 Å². The zero-order chi connectivity index (χ0) is 12.0. The van der Waals surface area contributed by atoms with Gasteiger partial charge in [-0.05, 0) is 30.7 Å². The molecule has 0 amide bonds. The fourth-order valence-electron chi connectivity index (χ4n) is 2.04. The summed E-state index contributed by atoms with van der Waals surface area (Å²) in [6.07, 6.45) is 0. The van der Waals surface area contributed by atoms with Crippen molar-refractivity contribution < 1.29 is 9.52 Å². The highest BCUT2D eigenvalue weighted by molar-refractivity contribution is 5.93. The maximum atomic E-state index is 12.2. The SMILES string of the molecule is Cc1cccc2c(=O)c3c(O)cccc3oc12. The molecule has 0 radical (unpaired) electrons. The van der Waals surface area contributed by atoms with Crippen LogP contribution in [-0.4, -0.2) is 5.11 Å². The number of rotatable bonds is 0. The van der Waals surface area contributed by atoms with Gasteiger partial charge in [0.2, 0.25) is 5.43 Å². The summed E-state index contributed by atoms with van der Waals surface area (Å²) in [6, 6.07) is 10.2. The van der Waals surface area contributed by atoms with Gasteiger partial charge in [0.15, 0.2) is 0 Å². The summed E-state index contributed by atoms with van der Waals surface area (Å²) < 4.78 is 5.68. The number of hydrogen-bond acceptors (Lipinski definition) is 3. The number of aryl methyl sites for hydroxylation is 1. The van der Waals surface area contributed by atoms with Gasteiger partial charge in [-0.1, -0.05) is 18.2 Å².